The first-order valence-electron chi connectivity index (χ1n) is 5.80. The molecule has 3 rings (SSSR count). The van der Waals surface area contributed by atoms with E-state index in [9.17, 15) is 0 Å². The van der Waals surface area contributed by atoms with Crippen LogP contribution in [0.15, 0.2) is 49.1 Å². The first-order valence-corrected chi connectivity index (χ1v) is 5.80. The second-order valence-corrected chi connectivity index (χ2v) is 4.21. The van der Waals surface area contributed by atoms with Crippen molar-refractivity contribution in [2.45, 2.75) is 6.54 Å². The zero-order chi connectivity index (χ0) is 12.4. The summed E-state index contributed by atoms with van der Waals surface area (Å²) in [7, 11) is 0.0833. The number of hydrogen-bond donors (Lipinski definition) is 1. The summed E-state index contributed by atoms with van der Waals surface area (Å²) in [4.78, 5) is 8.36. The minimum Gasteiger partial charge on any atom is -0.449 e. The van der Waals surface area contributed by atoms with Gasteiger partial charge in [0.15, 0.2) is 0 Å². The second kappa shape index (κ2) is 4.62. The maximum absolute atomic E-state index is 9.00. The molecule has 5 heteroatoms. The van der Waals surface area contributed by atoms with Crippen LogP contribution < -0.4 is 5.46 Å². The van der Waals surface area contributed by atoms with Crippen LogP contribution in [0.25, 0.3) is 11.0 Å². The number of benzene rings is 1. The molecule has 0 spiro atoms. The lowest BCUT2D eigenvalue weighted by Crippen LogP contribution is -2.12. The number of nitrogens with zero attached hydrogens (tertiary/aromatic N) is 3. The van der Waals surface area contributed by atoms with E-state index in [4.69, 9.17) is 5.02 Å². The summed E-state index contributed by atoms with van der Waals surface area (Å²) >= 11 is 0. The lowest BCUT2D eigenvalue weighted by Gasteiger charge is -2.05. The lowest BCUT2D eigenvalue weighted by molar-refractivity contribution is 0.615. The third-order valence-electron chi connectivity index (χ3n) is 2.98. The van der Waals surface area contributed by atoms with Crippen molar-refractivity contribution in [1.29, 1.82) is 0 Å². The maximum Gasteiger partial charge on any atom is 0.304 e. The summed E-state index contributed by atoms with van der Waals surface area (Å²) in [5, 5.41) is 9.00. The van der Waals surface area contributed by atoms with E-state index < -0.39 is 0 Å². The summed E-state index contributed by atoms with van der Waals surface area (Å²) in [6.45, 7) is 0.770. The van der Waals surface area contributed by atoms with E-state index in [2.05, 4.69) is 14.5 Å². The zero-order valence-corrected chi connectivity index (χ0v) is 9.82. The number of hydrogen-bond acceptors (Lipinski definition) is 3. The van der Waals surface area contributed by atoms with E-state index in [-0.39, 0.29) is 7.48 Å². The molecule has 2 heterocycles. The smallest absolute Gasteiger partial charge is 0.304 e. The SMILES string of the molecule is OBc1ccc(Cn2cnc3cnccc32)cc1. The molecule has 2 aromatic heterocycles. The quantitative estimate of drug-likeness (QED) is 0.673. The summed E-state index contributed by atoms with van der Waals surface area (Å²) < 4.78 is 2.09. The average molecular weight is 237 g/mol. The van der Waals surface area contributed by atoms with Crippen molar-refractivity contribution in [3.05, 3.63) is 54.6 Å². The van der Waals surface area contributed by atoms with Gasteiger partial charge in [0.1, 0.15) is 5.52 Å². The van der Waals surface area contributed by atoms with Gasteiger partial charge in [0.2, 0.25) is 0 Å². The summed E-state index contributed by atoms with van der Waals surface area (Å²) in [5.74, 6) is 0. The van der Waals surface area contributed by atoms with Gasteiger partial charge < -0.3 is 9.59 Å². The molecule has 18 heavy (non-hydrogen) atoms. The Bertz CT molecular complexity index is 663. The van der Waals surface area contributed by atoms with Crippen LogP contribution in [0, 0.1) is 0 Å². The molecule has 0 fully saturated rings. The van der Waals surface area contributed by atoms with Crippen LogP contribution in [0.4, 0.5) is 0 Å². The van der Waals surface area contributed by atoms with Crippen molar-refractivity contribution in [1.82, 2.24) is 14.5 Å². The molecule has 88 valence electrons. The maximum atomic E-state index is 9.00. The highest BCUT2D eigenvalue weighted by Crippen LogP contribution is 2.12. The molecule has 0 amide bonds. The van der Waals surface area contributed by atoms with Crippen molar-refractivity contribution in [2.24, 2.45) is 0 Å². The molecule has 0 aliphatic heterocycles. The Morgan fingerprint density at radius 2 is 2.00 bits per heavy atom. The largest absolute Gasteiger partial charge is 0.449 e. The van der Waals surface area contributed by atoms with E-state index in [1.54, 1.807) is 12.4 Å². The van der Waals surface area contributed by atoms with Crippen LogP contribution in [0.1, 0.15) is 5.56 Å². The molecule has 1 aromatic carbocycles. The van der Waals surface area contributed by atoms with Gasteiger partial charge in [-0.2, -0.15) is 0 Å². The third-order valence-corrected chi connectivity index (χ3v) is 2.98. The number of imidazole rings is 1. The van der Waals surface area contributed by atoms with Gasteiger partial charge in [0.25, 0.3) is 0 Å². The number of rotatable bonds is 3. The molecule has 0 aliphatic carbocycles. The molecule has 1 N–H and O–H groups in total. The third kappa shape index (κ3) is 2.00. The minimum absolute atomic E-state index is 0.0833. The predicted molar refractivity (Wildman–Crippen MR) is 72.1 cm³/mol. The van der Waals surface area contributed by atoms with Crippen molar-refractivity contribution >= 4 is 24.0 Å². The topological polar surface area (TPSA) is 50.9 Å². The van der Waals surface area contributed by atoms with Crippen LogP contribution in [-0.2, 0) is 6.54 Å². The average Bonchev–Trinajstić information content (AvgIpc) is 2.83. The summed E-state index contributed by atoms with van der Waals surface area (Å²) in [5.41, 5.74) is 4.10. The molecular weight excluding hydrogens is 225 g/mol. The van der Waals surface area contributed by atoms with Crippen molar-refractivity contribution in [3.8, 4) is 0 Å². The van der Waals surface area contributed by atoms with E-state index in [1.807, 2.05) is 36.7 Å². The highest BCUT2D eigenvalue weighted by molar-refractivity contribution is 6.45. The first kappa shape index (κ1) is 11.0. The van der Waals surface area contributed by atoms with Crippen LogP contribution in [-0.4, -0.2) is 27.0 Å². The molecule has 0 aliphatic rings. The van der Waals surface area contributed by atoms with Crippen molar-refractivity contribution < 1.29 is 5.02 Å². The molecule has 3 aromatic rings. The number of aromatic nitrogens is 3. The Balaban J connectivity index is 1.91. The Hall–Kier alpha value is -2.14. The summed E-state index contributed by atoms with van der Waals surface area (Å²) in [6, 6.07) is 9.90. The zero-order valence-electron chi connectivity index (χ0n) is 9.82. The second-order valence-electron chi connectivity index (χ2n) is 4.21. The van der Waals surface area contributed by atoms with Gasteiger partial charge in [-0.1, -0.05) is 29.7 Å². The standard InChI is InChI=1S/C13H12BN3O/c18-14-11-3-1-10(2-4-11)8-17-9-16-12-7-15-6-5-13(12)17/h1-7,9,14,18H,8H2. The molecule has 0 unspecified atom stereocenters. The minimum atomic E-state index is 0.0833. The Labute approximate surface area is 105 Å². The fourth-order valence-corrected chi connectivity index (χ4v) is 1.99. The Morgan fingerprint density at radius 3 is 2.78 bits per heavy atom. The Morgan fingerprint density at radius 1 is 1.17 bits per heavy atom. The molecule has 0 radical (unpaired) electrons. The van der Waals surface area contributed by atoms with Crippen LogP contribution in [0.5, 0.6) is 0 Å². The summed E-state index contributed by atoms with van der Waals surface area (Å²) in [6.07, 6.45) is 5.36. The van der Waals surface area contributed by atoms with E-state index >= 15 is 0 Å². The highest BCUT2D eigenvalue weighted by atomic mass is 16.2. The van der Waals surface area contributed by atoms with E-state index in [1.165, 1.54) is 5.56 Å². The van der Waals surface area contributed by atoms with Crippen LogP contribution in [0.3, 0.4) is 0 Å². The normalized spacial score (nSPS) is 10.7. The molecular formula is C13H12BN3O. The van der Waals surface area contributed by atoms with Gasteiger partial charge in [-0.15, -0.1) is 0 Å². The molecule has 0 atom stereocenters. The predicted octanol–water partition coefficient (Wildman–Crippen LogP) is 0.449. The molecule has 0 saturated carbocycles. The molecule has 0 saturated heterocycles. The van der Waals surface area contributed by atoms with Gasteiger partial charge >= 0.3 is 7.48 Å². The number of fused-ring (bicyclic) bond motifs is 1. The van der Waals surface area contributed by atoms with Gasteiger partial charge in [0.05, 0.1) is 18.0 Å². The first-order chi connectivity index (χ1) is 8.86. The number of pyridine rings is 1. The Kier molecular flexibility index (Phi) is 2.82. The lowest BCUT2D eigenvalue weighted by atomic mass is 9.88. The van der Waals surface area contributed by atoms with Gasteiger partial charge in [-0.3, -0.25) is 4.98 Å². The van der Waals surface area contributed by atoms with Gasteiger partial charge in [0, 0.05) is 12.7 Å². The molecule has 0 bridgehead atoms. The van der Waals surface area contributed by atoms with Crippen molar-refractivity contribution in [3.63, 3.8) is 0 Å². The molecule has 4 nitrogen and oxygen atoms in total. The van der Waals surface area contributed by atoms with Gasteiger partial charge in [-0.05, 0) is 11.6 Å². The van der Waals surface area contributed by atoms with E-state index in [0.29, 0.717) is 0 Å². The fraction of sp³-hybridized carbons (Fsp3) is 0.0769. The van der Waals surface area contributed by atoms with Crippen LogP contribution >= 0.6 is 0 Å². The fourth-order valence-electron chi connectivity index (χ4n) is 1.99. The monoisotopic (exact) mass is 237 g/mol. The van der Waals surface area contributed by atoms with Crippen LogP contribution in [0.2, 0.25) is 0 Å². The van der Waals surface area contributed by atoms with E-state index in [0.717, 1.165) is 23.0 Å². The van der Waals surface area contributed by atoms with Gasteiger partial charge in [-0.25, -0.2) is 4.98 Å². The van der Waals surface area contributed by atoms with Crippen molar-refractivity contribution in [2.75, 3.05) is 0 Å². The highest BCUT2D eigenvalue weighted by Gasteiger charge is 2.02.